The topological polar surface area (TPSA) is 49.3 Å². The van der Waals surface area contributed by atoms with Crippen molar-refractivity contribution in [2.24, 2.45) is 11.8 Å². The average Bonchev–Trinajstić information content (AvgIpc) is 2.48. The summed E-state index contributed by atoms with van der Waals surface area (Å²) in [5.74, 6) is 0.484. The maximum Gasteiger partial charge on any atom is 0.312 e. The summed E-state index contributed by atoms with van der Waals surface area (Å²) in [7, 11) is 0. The Morgan fingerprint density at radius 3 is 2.76 bits per heavy atom. The van der Waals surface area contributed by atoms with E-state index in [1.165, 1.54) is 32.1 Å². The molecule has 1 aliphatic carbocycles. The Morgan fingerprint density at radius 2 is 2.10 bits per heavy atom. The zero-order chi connectivity index (χ0) is 15.1. The van der Waals surface area contributed by atoms with Crippen LogP contribution in [0.2, 0.25) is 0 Å². The molecule has 1 aromatic rings. The van der Waals surface area contributed by atoms with Gasteiger partial charge in [0.25, 0.3) is 0 Å². The van der Waals surface area contributed by atoms with E-state index in [1.807, 2.05) is 30.3 Å². The van der Waals surface area contributed by atoms with Crippen LogP contribution in [0.5, 0.6) is 0 Å². The van der Waals surface area contributed by atoms with Gasteiger partial charge in [-0.05, 0) is 36.8 Å². The molecule has 1 aromatic carbocycles. The molecule has 0 radical (unpaired) electrons. The molecule has 0 heterocycles. The van der Waals surface area contributed by atoms with E-state index in [4.69, 9.17) is 0 Å². The van der Waals surface area contributed by atoms with Gasteiger partial charge in [-0.25, -0.2) is 0 Å². The molecular formula is C18H27NO2. The van der Waals surface area contributed by atoms with E-state index in [1.54, 1.807) is 0 Å². The number of aliphatic carboxylic acids is 1. The molecule has 21 heavy (non-hydrogen) atoms. The van der Waals surface area contributed by atoms with Gasteiger partial charge in [-0.1, -0.05) is 56.5 Å². The third kappa shape index (κ3) is 5.16. The van der Waals surface area contributed by atoms with Crippen LogP contribution in [-0.4, -0.2) is 24.2 Å². The number of carboxylic acids is 1. The van der Waals surface area contributed by atoms with E-state index < -0.39 is 11.9 Å². The van der Waals surface area contributed by atoms with Gasteiger partial charge in [0.05, 0.1) is 5.92 Å². The maximum absolute atomic E-state index is 11.4. The Kier molecular flexibility index (Phi) is 6.24. The SMILES string of the molecule is CC1CCCC(CCNCC(C(=O)O)c2ccccc2)C1. The van der Waals surface area contributed by atoms with Crippen molar-refractivity contribution < 1.29 is 9.90 Å². The predicted molar refractivity (Wildman–Crippen MR) is 85.4 cm³/mol. The summed E-state index contributed by atoms with van der Waals surface area (Å²) in [5.41, 5.74) is 0.879. The van der Waals surface area contributed by atoms with E-state index in [2.05, 4.69) is 12.2 Å². The third-order valence-corrected chi connectivity index (χ3v) is 4.62. The summed E-state index contributed by atoms with van der Waals surface area (Å²) >= 11 is 0. The lowest BCUT2D eigenvalue weighted by Gasteiger charge is -2.26. The van der Waals surface area contributed by atoms with Crippen LogP contribution in [0.25, 0.3) is 0 Å². The quantitative estimate of drug-likeness (QED) is 0.753. The Morgan fingerprint density at radius 1 is 1.33 bits per heavy atom. The normalized spacial score (nSPS) is 23.7. The Balaban J connectivity index is 1.74. The van der Waals surface area contributed by atoms with Gasteiger partial charge in [-0.15, -0.1) is 0 Å². The fourth-order valence-corrected chi connectivity index (χ4v) is 3.41. The smallest absolute Gasteiger partial charge is 0.312 e. The summed E-state index contributed by atoms with van der Waals surface area (Å²) in [6, 6.07) is 9.50. The monoisotopic (exact) mass is 289 g/mol. The number of carbonyl (C=O) groups is 1. The van der Waals surface area contributed by atoms with E-state index in [0.717, 1.165) is 23.9 Å². The first kappa shape index (κ1) is 16.0. The zero-order valence-corrected chi connectivity index (χ0v) is 12.9. The Hall–Kier alpha value is -1.35. The highest BCUT2D eigenvalue weighted by Crippen LogP contribution is 2.30. The van der Waals surface area contributed by atoms with Crippen molar-refractivity contribution in [1.29, 1.82) is 0 Å². The van der Waals surface area contributed by atoms with Crippen molar-refractivity contribution >= 4 is 5.97 Å². The first-order valence-corrected chi connectivity index (χ1v) is 8.15. The summed E-state index contributed by atoms with van der Waals surface area (Å²) in [6.07, 6.45) is 6.58. The molecule has 0 amide bonds. The average molecular weight is 289 g/mol. The standard InChI is InChI=1S/C18H27NO2/c1-14-6-5-7-15(12-14)10-11-19-13-17(18(20)21)16-8-3-2-4-9-16/h2-4,8-9,14-15,17,19H,5-7,10-13H2,1H3,(H,20,21). The van der Waals surface area contributed by atoms with Gasteiger partial charge in [0, 0.05) is 6.54 Å². The highest BCUT2D eigenvalue weighted by atomic mass is 16.4. The molecule has 116 valence electrons. The molecule has 0 aromatic heterocycles. The molecule has 2 N–H and O–H groups in total. The highest BCUT2D eigenvalue weighted by Gasteiger charge is 2.20. The van der Waals surface area contributed by atoms with Gasteiger partial charge < -0.3 is 10.4 Å². The summed E-state index contributed by atoms with van der Waals surface area (Å²) in [5, 5.41) is 12.7. The molecule has 2 rings (SSSR count). The molecule has 3 nitrogen and oxygen atoms in total. The van der Waals surface area contributed by atoms with Crippen molar-refractivity contribution in [2.45, 2.75) is 44.9 Å². The fourth-order valence-electron chi connectivity index (χ4n) is 3.41. The summed E-state index contributed by atoms with van der Waals surface area (Å²) in [6.45, 7) is 3.78. The number of carboxylic acid groups (broad SMARTS) is 1. The van der Waals surface area contributed by atoms with Gasteiger partial charge in [0.2, 0.25) is 0 Å². The summed E-state index contributed by atoms with van der Waals surface area (Å²) in [4.78, 5) is 11.4. The molecule has 3 unspecified atom stereocenters. The molecule has 1 aliphatic rings. The minimum atomic E-state index is -0.750. The van der Waals surface area contributed by atoms with Gasteiger partial charge in [0.1, 0.15) is 0 Å². The largest absolute Gasteiger partial charge is 0.481 e. The van der Waals surface area contributed by atoms with Gasteiger partial charge in [-0.3, -0.25) is 4.79 Å². The van der Waals surface area contributed by atoms with Crippen LogP contribution >= 0.6 is 0 Å². The van der Waals surface area contributed by atoms with Crippen LogP contribution in [0.4, 0.5) is 0 Å². The second-order valence-corrected chi connectivity index (χ2v) is 6.43. The predicted octanol–water partition coefficient (Wildman–Crippen LogP) is 3.66. The second-order valence-electron chi connectivity index (χ2n) is 6.43. The molecule has 0 bridgehead atoms. The molecule has 1 fully saturated rings. The zero-order valence-electron chi connectivity index (χ0n) is 12.9. The van der Waals surface area contributed by atoms with E-state index in [9.17, 15) is 9.90 Å². The van der Waals surface area contributed by atoms with Crippen LogP contribution in [-0.2, 0) is 4.79 Å². The minimum absolute atomic E-state index is 0.448. The molecule has 0 saturated heterocycles. The lowest BCUT2D eigenvalue weighted by molar-refractivity contribution is -0.138. The van der Waals surface area contributed by atoms with Crippen molar-refractivity contribution in [2.75, 3.05) is 13.1 Å². The first-order valence-electron chi connectivity index (χ1n) is 8.15. The lowest BCUT2D eigenvalue weighted by atomic mass is 9.81. The highest BCUT2D eigenvalue weighted by molar-refractivity contribution is 5.76. The number of nitrogens with one attached hydrogen (secondary N) is 1. The number of rotatable bonds is 7. The van der Waals surface area contributed by atoms with E-state index in [0.29, 0.717) is 6.54 Å². The van der Waals surface area contributed by atoms with E-state index in [-0.39, 0.29) is 0 Å². The molecule has 0 spiro atoms. The van der Waals surface area contributed by atoms with Crippen LogP contribution < -0.4 is 5.32 Å². The Bertz CT molecular complexity index is 432. The molecule has 3 atom stereocenters. The van der Waals surface area contributed by atoms with Crippen LogP contribution in [0, 0.1) is 11.8 Å². The number of benzene rings is 1. The fraction of sp³-hybridized carbons (Fsp3) is 0.611. The second kappa shape index (κ2) is 8.18. The first-order chi connectivity index (χ1) is 10.2. The van der Waals surface area contributed by atoms with Crippen molar-refractivity contribution in [3.63, 3.8) is 0 Å². The van der Waals surface area contributed by atoms with Gasteiger partial charge in [0.15, 0.2) is 0 Å². The number of hydrogen-bond acceptors (Lipinski definition) is 2. The van der Waals surface area contributed by atoms with Crippen molar-refractivity contribution in [3.8, 4) is 0 Å². The molecule has 3 heteroatoms. The molecule has 1 saturated carbocycles. The van der Waals surface area contributed by atoms with Crippen molar-refractivity contribution in [3.05, 3.63) is 35.9 Å². The van der Waals surface area contributed by atoms with E-state index >= 15 is 0 Å². The van der Waals surface area contributed by atoms with Gasteiger partial charge >= 0.3 is 5.97 Å². The van der Waals surface area contributed by atoms with Crippen molar-refractivity contribution in [1.82, 2.24) is 5.32 Å². The molecular weight excluding hydrogens is 262 g/mol. The van der Waals surface area contributed by atoms with Crippen LogP contribution in [0.3, 0.4) is 0 Å². The Labute approximate surface area is 127 Å². The third-order valence-electron chi connectivity index (χ3n) is 4.62. The maximum atomic E-state index is 11.4. The lowest BCUT2D eigenvalue weighted by Crippen LogP contribution is -2.29. The van der Waals surface area contributed by atoms with Gasteiger partial charge in [-0.2, -0.15) is 0 Å². The number of hydrogen-bond donors (Lipinski definition) is 2. The van der Waals surface area contributed by atoms with Crippen LogP contribution in [0.15, 0.2) is 30.3 Å². The van der Waals surface area contributed by atoms with Crippen LogP contribution in [0.1, 0.15) is 50.5 Å². The summed E-state index contributed by atoms with van der Waals surface area (Å²) < 4.78 is 0. The minimum Gasteiger partial charge on any atom is -0.481 e. The molecule has 0 aliphatic heterocycles.